The van der Waals surface area contributed by atoms with Gasteiger partial charge in [-0.25, -0.2) is 4.79 Å². The molecule has 0 spiro atoms. The predicted molar refractivity (Wildman–Crippen MR) is 125 cm³/mol. The molecule has 1 aliphatic rings. The molecular formula is C24H27ClF3N3O4. The van der Waals surface area contributed by atoms with Crippen molar-refractivity contribution in [1.29, 1.82) is 0 Å². The lowest BCUT2D eigenvalue weighted by atomic mass is 10.1. The molecule has 0 aromatic heterocycles. The first kappa shape index (κ1) is 28.1. The summed E-state index contributed by atoms with van der Waals surface area (Å²) in [4.78, 5) is 38.1. The van der Waals surface area contributed by atoms with E-state index >= 15 is 0 Å². The molecule has 0 saturated carbocycles. The van der Waals surface area contributed by atoms with E-state index in [4.69, 9.17) is 21.5 Å². The fourth-order valence-corrected chi connectivity index (χ4v) is 3.50. The van der Waals surface area contributed by atoms with E-state index < -0.39 is 12.1 Å². The maximum absolute atomic E-state index is 13.1. The van der Waals surface area contributed by atoms with Crippen LogP contribution >= 0.6 is 11.6 Å². The Labute approximate surface area is 206 Å². The van der Waals surface area contributed by atoms with Gasteiger partial charge in [-0.05, 0) is 36.8 Å². The average molecular weight is 514 g/mol. The van der Waals surface area contributed by atoms with Gasteiger partial charge in [-0.3, -0.25) is 9.59 Å². The summed E-state index contributed by atoms with van der Waals surface area (Å²) in [5.41, 5.74) is 2.68. The van der Waals surface area contributed by atoms with Gasteiger partial charge in [0.25, 0.3) is 5.91 Å². The van der Waals surface area contributed by atoms with Crippen LogP contribution in [0.1, 0.15) is 27.9 Å². The Morgan fingerprint density at radius 2 is 1.69 bits per heavy atom. The van der Waals surface area contributed by atoms with Crippen molar-refractivity contribution in [3.63, 3.8) is 0 Å². The highest BCUT2D eigenvalue weighted by Gasteiger charge is 2.38. The number of hydrogen-bond acceptors (Lipinski definition) is 4. The molecule has 2 aromatic carbocycles. The summed E-state index contributed by atoms with van der Waals surface area (Å²) in [6.07, 6.45) is -4.77. The molecule has 35 heavy (non-hydrogen) atoms. The SMILES string of the molecule is Cc1ccc(C(=O)N(CCC(=O)N2CCNCC2)Cc2cccc(Cl)c2)cc1.O=C(O)C(F)(F)F. The molecule has 0 bridgehead atoms. The van der Waals surface area contributed by atoms with E-state index in [1.165, 1.54) is 0 Å². The maximum Gasteiger partial charge on any atom is 0.490 e. The van der Waals surface area contributed by atoms with E-state index in [0.717, 1.165) is 37.3 Å². The van der Waals surface area contributed by atoms with Gasteiger partial charge in [0.1, 0.15) is 0 Å². The van der Waals surface area contributed by atoms with Crippen LogP contribution in [0, 0.1) is 6.92 Å². The van der Waals surface area contributed by atoms with Crippen molar-refractivity contribution < 1.29 is 32.7 Å². The van der Waals surface area contributed by atoms with E-state index in [-0.39, 0.29) is 11.8 Å². The quantitative estimate of drug-likeness (QED) is 0.614. The lowest BCUT2D eigenvalue weighted by Gasteiger charge is -2.29. The fourth-order valence-electron chi connectivity index (χ4n) is 3.29. The average Bonchev–Trinajstić information content (AvgIpc) is 2.82. The molecule has 7 nitrogen and oxygen atoms in total. The normalized spacial score (nSPS) is 13.5. The largest absolute Gasteiger partial charge is 0.490 e. The van der Waals surface area contributed by atoms with E-state index in [1.807, 2.05) is 60.4 Å². The van der Waals surface area contributed by atoms with E-state index in [0.29, 0.717) is 30.1 Å². The highest BCUT2D eigenvalue weighted by molar-refractivity contribution is 6.30. The summed E-state index contributed by atoms with van der Waals surface area (Å²) in [6.45, 7) is 5.87. The monoisotopic (exact) mass is 513 g/mol. The highest BCUT2D eigenvalue weighted by Crippen LogP contribution is 2.16. The Morgan fingerprint density at radius 3 is 2.23 bits per heavy atom. The van der Waals surface area contributed by atoms with Gasteiger partial charge in [0.2, 0.25) is 5.91 Å². The molecule has 1 heterocycles. The van der Waals surface area contributed by atoms with Crippen molar-refractivity contribution in [2.45, 2.75) is 26.1 Å². The second kappa shape index (κ2) is 13.1. The second-order valence-corrected chi connectivity index (χ2v) is 8.34. The van der Waals surface area contributed by atoms with Crippen LogP contribution in [-0.4, -0.2) is 71.6 Å². The number of carbonyl (C=O) groups is 3. The zero-order valence-corrected chi connectivity index (χ0v) is 19.9. The number of nitrogens with one attached hydrogen (secondary N) is 1. The van der Waals surface area contributed by atoms with Crippen LogP contribution in [0.15, 0.2) is 48.5 Å². The molecule has 1 aliphatic heterocycles. The Bertz CT molecular complexity index is 1010. The summed E-state index contributed by atoms with van der Waals surface area (Å²) >= 11 is 6.10. The van der Waals surface area contributed by atoms with Crippen molar-refractivity contribution in [2.75, 3.05) is 32.7 Å². The van der Waals surface area contributed by atoms with Gasteiger partial charge >= 0.3 is 12.1 Å². The molecule has 1 fully saturated rings. The number of piperazine rings is 1. The van der Waals surface area contributed by atoms with Crippen molar-refractivity contribution in [3.8, 4) is 0 Å². The van der Waals surface area contributed by atoms with Crippen molar-refractivity contribution in [1.82, 2.24) is 15.1 Å². The zero-order valence-electron chi connectivity index (χ0n) is 19.1. The first-order valence-corrected chi connectivity index (χ1v) is 11.2. The summed E-state index contributed by atoms with van der Waals surface area (Å²) in [5, 5.41) is 11.0. The summed E-state index contributed by atoms with van der Waals surface area (Å²) in [5.74, 6) is -2.74. The van der Waals surface area contributed by atoms with Gasteiger partial charge in [0.05, 0.1) is 0 Å². The summed E-state index contributed by atoms with van der Waals surface area (Å²) < 4.78 is 31.7. The molecule has 2 amide bonds. The minimum absolute atomic E-state index is 0.0758. The fraction of sp³-hybridized carbons (Fsp3) is 0.375. The number of amides is 2. The number of carbonyl (C=O) groups excluding carboxylic acids is 2. The van der Waals surface area contributed by atoms with Gasteiger partial charge in [-0.2, -0.15) is 13.2 Å². The molecule has 3 rings (SSSR count). The third kappa shape index (κ3) is 9.58. The van der Waals surface area contributed by atoms with Crippen molar-refractivity contribution >= 4 is 29.4 Å². The lowest BCUT2D eigenvalue weighted by molar-refractivity contribution is -0.192. The van der Waals surface area contributed by atoms with Gasteiger partial charge in [-0.15, -0.1) is 0 Å². The molecule has 2 N–H and O–H groups in total. The Morgan fingerprint density at radius 1 is 1.09 bits per heavy atom. The minimum atomic E-state index is -5.08. The third-order valence-electron chi connectivity index (χ3n) is 5.16. The van der Waals surface area contributed by atoms with E-state index in [2.05, 4.69) is 5.32 Å². The van der Waals surface area contributed by atoms with Crippen LogP contribution in [0.2, 0.25) is 5.02 Å². The van der Waals surface area contributed by atoms with Crippen LogP contribution < -0.4 is 5.32 Å². The van der Waals surface area contributed by atoms with Crippen LogP contribution in [0.4, 0.5) is 13.2 Å². The third-order valence-corrected chi connectivity index (χ3v) is 5.39. The molecule has 190 valence electrons. The van der Waals surface area contributed by atoms with Gasteiger partial charge < -0.3 is 20.2 Å². The van der Waals surface area contributed by atoms with E-state index in [1.54, 1.807) is 4.90 Å². The first-order valence-electron chi connectivity index (χ1n) is 10.9. The van der Waals surface area contributed by atoms with Crippen molar-refractivity contribution in [3.05, 3.63) is 70.2 Å². The minimum Gasteiger partial charge on any atom is -0.475 e. The van der Waals surface area contributed by atoms with Gasteiger partial charge in [0.15, 0.2) is 0 Å². The van der Waals surface area contributed by atoms with Crippen molar-refractivity contribution in [2.24, 2.45) is 0 Å². The molecule has 0 radical (unpaired) electrons. The maximum atomic E-state index is 13.1. The number of nitrogens with zero attached hydrogens (tertiary/aromatic N) is 2. The number of aliphatic carboxylic acids is 1. The van der Waals surface area contributed by atoms with Crippen LogP contribution in [0.5, 0.6) is 0 Å². The Hall–Kier alpha value is -3.11. The van der Waals surface area contributed by atoms with Crippen LogP contribution in [0.25, 0.3) is 0 Å². The summed E-state index contributed by atoms with van der Waals surface area (Å²) in [6, 6.07) is 15.0. The first-order chi connectivity index (χ1) is 16.5. The molecule has 1 saturated heterocycles. The lowest BCUT2D eigenvalue weighted by Crippen LogP contribution is -2.47. The zero-order chi connectivity index (χ0) is 26.0. The molecular weight excluding hydrogens is 487 g/mol. The highest BCUT2D eigenvalue weighted by atomic mass is 35.5. The topological polar surface area (TPSA) is 90.0 Å². The number of halogens is 4. The number of rotatable bonds is 6. The molecule has 0 unspecified atom stereocenters. The number of aryl methyl sites for hydroxylation is 1. The number of carboxylic acid groups (broad SMARTS) is 1. The summed E-state index contributed by atoms with van der Waals surface area (Å²) in [7, 11) is 0. The molecule has 0 atom stereocenters. The number of carboxylic acids is 1. The molecule has 2 aromatic rings. The van der Waals surface area contributed by atoms with E-state index in [9.17, 15) is 22.8 Å². The number of alkyl halides is 3. The van der Waals surface area contributed by atoms with Gasteiger partial charge in [-0.1, -0.05) is 41.4 Å². The standard InChI is InChI=1S/C22H26ClN3O2.C2HF3O2/c1-17-5-7-19(8-6-17)22(28)26(16-18-3-2-4-20(23)15-18)12-9-21(27)25-13-10-24-11-14-25;3-2(4,5)1(6)7/h2-8,15,24H,9-14,16H2,1H3;(H,6,7). The van der Waals surface area contributed by atoms with Crippen LogP contribution in [0.3, 0.4) is 0 Å². The molecule has 0 aliphatic carbocycles. The number of hydrogen-bond donors (Lipinski definition) is 2. The number of benzene rings is 2. The van der Waals surface area contributed by atoms with Crippen LogP contribution in [-0.2, 0) is 16.1 Å². The molecule has 11 heteroatoms. The Balaban J connectivity index is 0.000000540. The van der Waals surface area contributed by atoms with Gasteiger partial charge in [0, 0.05) is 56.3 Å². The predicted octanol–water partition coefficient (Wildman–Crippen LogP) is 3.75. The Kier molecular flexibility index (Phi) is 10.5. The second-order valence-electron chi connectivity index (χ2n) is 7.91. The smallest absolute Gasteiger partial charge is 0.475 e.